The lowest BCUT2D eigenvalue weighted by Crippen LogP contribution is -2.23. The second kappa shape index (κ2) is 10.2. The molecule has 6 N–H and O–H groups in total. The second-order valence-electron chi connectivity index (χ2n) is 8.10. The minimum atomic E-state index is -0.568. The lowest BCUT2D eigenvalue weighted by molar-refractivity contribution is 0.100. The number of hydrogen-bond acceptors (Lipinski definition) is 7. The van der Waals surface area contributed by atoms with E-state index in [1.54, 1.807) is 23.8 Å². The summed E-state index contributed by atoms with van der Waals surface area (Å²) >= 11 is 0. The van der Waals surface area contributed by atoms with Crippen LogP contribution in [0.4, 0.5) is 11.6 Å². The number of aromatic nitrogens is 3. The van der Waals surface area contributed by atoms with E-state index in [0.29, 0.717) is 29.0 Å². The van der Waals surface area contributed by atoms with Crippen LogP contribution in [0.5, 0.6) is 0 Å². The van der Waals surface area contributed by atoms with Gasteiger partial charge < -0.3 is 22.0 Å². The first-order valence-electron chi connectivity index (χ1n) is 11.4. The van der Waals surface area contributed by atoms with Gasteiger partial charge in [-0.2, -0.15) is 0 Å². The summed E-state index contributed by atoms with van der Waals surface area (Å²) < 4.78 is 3.23. The van der Waals surface area contributed by atoms with Crippen LogP contribution in [0, 0.1) is 0 Å². The van der Waals surface area contributed by atoms with Gasteiger partial charge in [-0.25, -0.2) is 4.68 Å². The SMILES string of the molecule is CCc1cc2cccc(/C(C)=N\O)c2c(=O)n1-c1ccccc1.NC(=O)c1c(N)nn2c1NCC=C2. The summed E-state index contributed by atoms with van der Waals surface area (Å²) in [6.07, 6.45) is 4.34. The highest BCUT2D eigenvalue weighted by molar-refractivity contribution is 6.09. The van der Waals surface area contributed by atoms with Crippen LogP contribution < -0.4 is 22.3 Å². The van der Waals surface area contributed by atoms with E-state index < -0.39 is 5.91 Å². The number of pyridine rings is 1. The summed E-state index contributed by atoms with van der Waals surface area (Å²) in [6.45, 7) is 4.37. The van der Waals surface area contributed by atoms with E-state index in [4.69, 9.17) is 16.7 Å². The molecule has 0 bridgehead atoms. The number of nitrogens with one attached hydrogen (secondary N) is 1. The third-order valence-corrected chi connectivity index (χ3v) is 5.86. The molecular weight excluding hydrogens is 458 g/mol. The van der Waals surface area contributed by atoms with Gasteiger partial charge in [0.05, 0.1) is 11.1 Å². The van der Waals surface area contributed by atoms with Crippen molar-refractivity contribution in [3.8, 4) is 5.69 Å². The van der Waals surface area contributed by atoms with Crippen LogP contribution in [0.25, 0.3) is 22.7 Å². The number of benzene rings is 2. The van der Waals surface area contributed by atoms with Crippen molar-refractivity contribution in [2.45, 2.75) is 20.3 Å². The average Bonchev–Trinajstić information content (AvgIpc) is 3.24. The summed E-state index contributed by atoms with van der Waals surface area (Å²) in [6, 6.07) is 17.2. The van der Waals surface area contributed by atoms with Crippen molar-refractivity contribution in [3.63, 3.8) is 0 Å². The number of rotatable bonds is 4. The van der Waals surface area contributed by atoms with Gasteiger partial charge in [-0.05, 0) is 43.0 Å². The van der Waals surface area contributed by atoms with Crippen LogP contribution in [0.3, 0.4) is 0 Å². The molecule has 0 fully saturated rings. The van der Waals surface area contributed by atoms with Gasteiger partial charge in [0.2, 0.25) is 0 Å². The summed E-state index contributed by atoms with van der Waals surface area (Å²) in [5.41, 5.74) is 13.7. The Morgan fingerprint density at radius 3 is 2.61 bits per heavy atom. The number of nitrogens with zero attached hydrogens (tertiary/aromatic N) is 4. The molecule has 1 aliphatic heterocycles. The summed E-state index contributed by atoms with van der Waals surface area (Å²) in [4.78, 5) is 24.2. The molecule has 2 aromatic heterocycles. The van der Waals surface area contributed by atoms with Crippen LogP contribution in [0.1, 0.15) is 35.5 Å². The van der Waals surface area contributed by atoms with Gasteiger partial charge in [0, 0.05) is 29.7 Å². The number of carbonyl (C=O) groups is 1. The van der Waals surface area contributed by atoms with Gasteiger partial charge >= 0.3 is 0 Å². The number of oxime groups is 1. The third kappa shape index (κ3) is 4.43. The number of primary amides is 1. The molecule has 1 amide bonds. The first-order valence-corrected chi connectivity index (χ1v) is 11.4. The molecule has 36 heavy (non-hydrogen) atoms. The van der Waals surface area contributed by atoms with E-state index in [-0.39, 0.29) is 16.9 Å². The van der Waals surface area contributed by atoms with Crippen molar-refractivity contribution < 1.29 is 10.0 Å². The standard InChI is InChI=1S/C19H18N2O2.C7H9N5O/c1-3-15-12-14-8-7-11-17(13(2)20-23)18(14)19(22)21(15)16-9-5-4-6-10-16;8-5-4(6(9)13)7-10-2-1-3-12(7)11-5/h4-12,23H,3H2,1-2H3;1,3,10H,2H2,(H2,8,11)(H2,9,13)/b20-13-;. The van der Waals surface area contributed by atoms with E-state index in [1.165, 1.54) is 4.68 Å². The Bertz CT molecular complexity index is 1550. The highest BCUT2D eigenvalue weighted by Crippen LogP contribution is 2.23. The van der Waals surface area contributed by atoms with E-state index in [2.05, 4.69) is 15.6 Å². The van der Waals surface area contributed by atoms with Crippen LogP contribution in [0.2, 0.25) is 0 Å². The quantitative estimate of drug-likeness (QED) is 0.198. The zero-order valence-corrected chi connectivity index (χ0v) is 20.0. The Kier molecular flexibility index (Phi) is 6.86. The zero-order chi connectivity index (χ0) is 25.8. The molecule has 1 aliphatic rings. The van der Waals surface area contributed by atoms with Crippen molar-refractivity contribution >= 4 is 40.2 Å². The molecule has 10 nitrogen and oxygen atoms in total. The Morgan fingerprint density at radius 1 is 1.19 bits per heavy atom. The lowest BCUT2D eigenvalue weighted by Gasteiger charge is -2.15. The fourth-order valence-corrected chi connectivity index (χ4v) is 4.17. The number of fused-ring (bicyclic) bond motifs is 2. The van der Waals surface area contributed by atoms with Crippen LogP contribution in [-0.4, -0.2) is 37.7 Å². The van der Waals surface area contributed by atoms with Crippen molar-refractivity contribution in [3.05, 3.63) is 87.8 Å². The van der Waals surface area contributed by atoms with Crippen LogP contribution in [-0.2, 0) is 6.42 Å². The molecule has 4 aromatic rings. The topological polar surface area (TPSA) is 154 Å². The maximum absolute atomic E-state index is 13.2. The Balaban J connectivity index is 0.000000197. The predicted molar refractivity (Wildman–Crippen MR) is 142 cm³/mol. The normalized spacial score (nSPS) is 12.4. The molecular formula is C26H27N7O3. The van der Waals surface area contributed by atoms with Gasteiger partial charge in [0.15, 0.2) is 5.82 Å². The van der Waals surface area contributed by atoms with Gasteiger partial charge in [-0.15, -0.1) is 5.10 Å². The first kappa shape index (κ1) is 24.3. The molecule has 2 aromatic carbocycles. The molecule has 0 saturated heterocycles. The fourth-order valence-electron chi connectivity index (χ4n) is 4.17. The second-order valence-corrected chi connectivity index (χ2v) is 8.10. The summed E-state index contributed by atoms with van der Waals surface area (Å²) in [7, 11) is 0. The molecule has 0 radical (unpaired) electrons. The van der Waals surface area contributed by atoms with Gasteiger partial charge in [-0.1, -0.05) is 48.5 Å². The molecule has 10 heteroatoms. The maximum atomic E-state index is 13.2. The first-order chi connectivity index (χ1) is 17.4. The van der Waals surface area contributed by atoms with Crippen LogP contribution in [0.15, 0.2) is 70.6 Å². The van der Waals surface area contributed by atoms with E-state index in [1.807, 2.05) is 61.5 Å². The molecule has 5 rings (SSSR count). The Morgan fingerprint density at radius 2 is 1.94 bits per heavy atom. The highest BCUT2D eigenvalue weighted by Gasteiger charge is 2.20. The van der Waals surface area contributed by atoms with Gasteiger partial charge in [-0.3, -0.25) is 14.2 Å². The molecule has 0 spiro atoms. The minimum Gasteiger partial charge on any atom is -0.411 e. The number of hydrogen-bond donors (Lipinski definition) is 4. The number of amides is 1. The van der Waals surface area contributed by atoms with Crippen molar-refractivity contribution in [2.24, 2.45) is 10.9 Å². The predicted octanol–water partition coefficient (Wildman–Crippen LogP) is 3.21. The molecule has 0 atom stereocenters. The van der Waals surface area contributed by atoms with Crippen LogP contribution >= 0.6 is 0 Å². The minimum absolute atomic E-state index is 0.0934. The monoisotopic (exact) mass is 485 g/mol. The average molecular weight is 486 g/mol. The molecule has 184 valence electrons. The van der Waals surface area contributed by atoms with E-state index in [0.717, 1.165) is 23.2 Å². The Labute approximate surface area is 207 Å². The Hall–Kier alpha value is -4.86. The van der Waals surface area contributed by atoms with E-state index in [9.17, 15) is 9.59 Å². The maximum Gasteiger partial charge on any atom is 0.263 e. The van der Waals surface area contributed by atoms with Crippen molar-refractivity contribution in [1.82, 2.24) is 14.3 Å². The summed E-state index contributed by atoms with van der Waals surface area (Å²) in [5.74, 6) is 0.149. The van der Waals surface area contributed by atoms with Gasteiger partial charge in [0.1, 0.15) is 11.4 Å². The molecule has 3 heterocycles. The molecule has 0 saturated carbocycles. The highest BCUT2D eigenvalue weighted by atomic mass is 16.4. The fraction of sp³-hybridized carbons (Fsp3) is 0.154. The van der Waals surface area contributed by atoms with Gasteiger partial charge in [0.25, 0.3) is 11.5 Å². The third-order valence-electron chi connectivity index (χ3n) is 5.86. The number of aryl methyl sites for hydroxylation is 1. The molecule has 0 aliphatic carbocycles. The smallest absolute Gasteiger partial charge is 0.263 e. The van der Waals surface area contributed by atoms with E-state index >= 15 is 0 Å². The number of nitrogen functional groups attached to an aromatic ring is 1. The van der Waals surface area contributed by atoms with Crippen molar-refractivity contribution in [1.29, 1.82) is 0 Å². The molecule has 0 unspecified atom stereocenters. The zero-order valence-electron chi connectivity index (χ0n) is 20.0. The number of carbonyl (C=O) groups excluding carboxylic acids is 1. The lowest BCUT2D eigenvalue weighted by atomic mass is 10.0. The number of para-hydroxylation sites is 1. The van der Waals surface area contributed by atoms with Crippen molar-refractivity contribution in [2.75, 3.05) is 17.6 Å². The number of nitrogens with two attached hydrogens (primary N) is 2. The summed E-state index contributed by atoms with van der Waals surface area (Å²) in [5, 5.41) is 20.7. The largest absolute Gasteiger partial charge is 0.411 e. The number of anilines is 2.